The van der Waals surface area contributed by atoms with Gasteiger partial charge in [0.1, 0.15) is 0 Å². The van der Waals surface area contributed by atoms with Gasteiger partial charge in [0.05, 0.1) is 10.2 Å². The Morgan fingerprint density at radius 1 is 1.50 bits per heavy atom. The van der Waals surface area contributed by atoms with Crippen LogP contribution >= 0.6 is 27.7 Å². The van der Waals surface area contributed by atoms with Crippen molar-refractivity contribution in [3.05, 3.63) is 22.7 Å². The van der Waals surface area contributed by atoms with Crippen LogP contribution in [0.5, 0.6) is 0 Å². The van der Waals surface area contributed by atoms with Gasteiger partial charge in [-0.2, -0.15) is 0 Å². The van der Waals surface area contributed by atoms with Gasteiger partial charge in [-0.05, 0) is 33.8 Å². The number of hydrogen-bond donors (Lipinski definition) is 2. The lowest BCUT2D eigenvalue weighted by molar-refractivity contribution is 1.33. The van der Waals surface area contributed by atoms with E-state index in [-0.39, 0.29) is 5.96 Å². The van der Waals surface area contributed by atoms with E-state index in [4.69, 9.17) is 11.5 Å². The molecule has 0 atom stereocenters. The molecule has 76 valence electrons. The maximum atomic E-state index is 5.32. The third kappa shape index (κ3) is 2.92. The number of halogens is 1. The van der Waals surface area contributed by atoms with Crippen LogP contribution in [0.2, 0.25) is 0 Å². The predicted molar refractivity (Wildman–Crippen MR) is 66.0 cm³/mol. The van der Waals surface area contributed by atoms with Crippen LogP contribution in [0.3, 0.4) is 0 Å². The summed E-state index contributed by atoms with van der Waals surface area (Å²) in [5.74, 6) is 1.09. The van der Waals surface area contributed by atoms with E-state index in [1.165, 1.54) is 0 Å². The van der Waals surface area contributed by atoms with Gasteiger partial charge in [-0.3, -0.25) is 0 Å². The number of nitrogens with two attached hydrogens (primary N) is 2. The summed E-state index contributed by atoms with van der Waals surface area (Å²) < 4.78 is 0.945. The van der Waals surface area contributed by atoms with Gasteiger partial charge < -0.3 is 11.5 Å². The number of thioether (sulfide) groups is 1. The smallest absolute Gasteiger partial charge is 0.191 e. The van der Waals surface area contributed by atoms with Crippen LogP contribution in [-0.4, -0.2) is 11.7 Å². The number of guanidine groups is 1. The second-order valence-corrected chi connectivity index (χ2v) is 4.66. The van der Waals surface area contributed by atoms with Gasteiger partial charge in [-0.1, -0.05) is 13.0 Å². The molecule has 0 aliphatic heterocycles. The summed E-state index contributed by atoms with van der Waals surface area (Å²) in [5, 5.41) is 0. The van der Waals surface area contributed by atoms with Crippen molar-refractivity contribution in [3.8, 4) is 0 Å². The molecule has 0 aromatic heterocycles. The van der Waals surface area contributed by atoms with E-state index in [9.17, 15) is 0 Å². The molecule has 0 aliphatic carbocycles. The molecule has 0 fully saturated rings. The molecular formula is C9H12BrN3S. The van der Waals surface area contributed by atoms with Gasteiger partial charge >= 0.3 is 0 Å². The summed E-state index contributed by atoms with van der Waals surface area (Å²) in [4.78, 5) is 5.16. The van der Waals surface area contributed by atoms with Crippen LogP contribution in [0.4, 0.5) is 5.69 Å². The molecule has 0 radical (unpaired) electrons. The molecule has 0 heterocycles. The minimum absolute atomic E-state index is 0.0735. The fraction of sp³-hybridized carbons (Fsp3) is 0.222. The average Bonchev–Trinajstić information content (AvgIpc) is 2.11. The van der Waals surface area contributed by atoms with E-state index in [0.717, 1.165) is 20.8 Å². The molecule has 14 heavy (non-hydrogen) atoms. The molecule has 0 spiro atoms. The van der Waals surface area contributed by atoms with E-state index >= 15 is 0 Å². The van der Waals surface area contributed by atoms with E-state index in [1.807, 2.05) is 18.2 Å². The lowest BCUT2D eigenvalue weighted by atomic mass is 10.3. The van der Waals surface area contributed by atoms with Crippen LogP contribution in [0.15, 0.2) is 32.6 Å². The Hall–Kier alpha value is -0.680. The second-order valence-electron chi connectivity index (χ2n) is 2.56. The molecule has 5 heteroatoms. The van der Waals surface area contributed by atoms with Crippen LogP contribution in [-0.2, 0) is 0 Å². The van der Waals surface area contributed by atoms with Crippen molar-refractivity contribution in [3.63, 3.8) is 0 Å². The highest BCUT2D eigenvalue weighted by Crippen LogP contribution is 2.34. The molecule has 0 bridgehead atoms. The SMILES string of the molecule is CCSc1cccc(N=C(N)N)c1Br. The molecular weight excluding hydrogens is 262 g/mol. The highest BCUT2D eigenvalue weighted by atomic mass is 79.9. The molecule has 3 nitrogen and oxygen atoms in total. The molecule has 0 unspecified atom stereocenters. The minimum Gasteiger partial charge on any atom is -0.370 e. The highest BCUT2D eigenvalue weighted by Gasteiger charge is 2.04. The lowest BCUT2D eigenvalue weighted by Gasteiger charge is -2.04. The molecule has 0 amide bonds. The summed E-state index contributed by atoms with van der Waals surface area (Å²) in [6, 6.07) is 5.83. The molecule has 1 aromatic carbocycles. The first-order valence-corrected chi connectivity index (χ1v) is 5.94. The summed E-state index contributed by atoms with van der Waals surface area (Å²) >= 11 is 5.22. The molecule has 1 aromatic rings. The third-order valence-electron chi connectivity index (χ3n) is 1.49. The standard InChI is InChI=1S/C9H12BrN3S/c1-2-14-7-5-3-4-6(8(7)10)13-9(11)12/h3-5H,2H2,1H3,(H4,11,12,13). The first-order chi connectivity index (χ1) is 6.65. The molecule has 0 saturated carbocycles. The van der Waals surface area contributed by atoms with Crippen LogP contribution in [0.25, 0.3) is 0 Å². The predicted octanol–water partition coefficient (Wildman–Crippen LogP) is 2.47. The first-order valence-electron chi connectivity index (χ1n) is 4.16. The Bertz CT molecular complexity index is 348. The zero-order valence-corrected chi connectivity index (χ0v) is 10.2. The van der Waals surface area contributed by atoms with E-state index in [0.29, 0.717) is 0 Å². The topological polar surface area (TPSA) is 64.4 Å². The summed E-state index contributed by atoms with van der Waals surface area (Å²) in [6.07, 6.45) is 0. The third-order valence-corrected chi connectivity index (χ3v) is 3.53. The van der Waals surface area contributed by atoms with E-state index < -0.39 is 0 Å². The van der Waals surface area contributed by atoms with Gasteiger partial charge in [0.2, 0.25) is 0 Å². The van der Waals surface area contributed by atoms with Crippen molar-refractivity contribution in [2.45, 2.75) is 11.8 Å². The molecule has 4 N–H and O–H groups in total. The highest BCUT2D eigenvalue weighted by molar-refractivity contribution is 9.10. The largest absolute Gasteiger partial charge is 0.370 e. The lowest BCUT2D eigenvalue weighted by Crippen LogP contribution is -2.21. The quantitative estimate of drug-likeness (QED) is 0.505. The van der Waals surface area contributed by atoms with Crippen molar-refractivity contribution >= 4 is 39.3 Å². The van der Waals surface area contributed by atoms with Crippen molar-refractivity contribution in [2.24, 2.45) is 16.5 Å². The monoisotopic (exact) mass is 273 g/mol. The summed E-state index contributed by atoms with van der Waals surface area (Å²) in [5.41, 5.74) is 11.4. The van der Waals surface area contributed by atoms with Gasteiger partial charge in [-0.25, -0.2) is 4.99 Å². The molecule has 0 saturated heterocycles. The number of aliphatic imine (C=N–C) groups is 1. The summed E-state index contributed by atoms with van der Waals surface area (Å²) in [7, 11) is 0. The van der Waals surface area contributed by atoms with Gasteiger partial charge in [-0.15, -0.1) is 11.8 Å². The number of nitrogens with zero attached hydrogens (tertiary/aromatic N) is 1. The second kappa shape index (κ2) is 5.26. The average molecular weight is 274 g/mol. The maximum Gasteiger partial charge on any atom is 0.191 e. The fourth-order valence-electron chi connectivity index (χ4n) is 0.992. The minimum atomic E-state index is 0.0735. The van der Waals surface area contributed by atoms with Gasteiger partial charge in [0, 0.05) is 4.90 Å². The number of hydrogen-bond acceptors (Lipinski definition) is 2. The zero-order chi connectivity index (χ0) is 10.6. The molecule has 1 rings (SSSR count). The number of benzene rings is 1. The number of rotatable bonds is 3. The Morgan fingerprint density at radius 3 is 2.79 bits per heavy atom. The first kappa shape index (κ1) is 11.4. The normalized spacial score (nSPS) is 9.86. The van der Waals surface area contributed by atoms with Gasteiger partial charge in [0.15, 0.2) is 5.96 Å². The van der Waals surface area contributed by atoms with Crippen LogP contribution < -0.4 is 11.5 Å². The van der Waals surface area contributed by atoms with E-state index in [1.54, 1.807) is 11.8 Å². The van der Waals surface area contributed by atoms with Crippen LogP contribution in [0.1, 0.15) is 6.92 Å². The Kier molecular flexibility index (Phi) is 4.28. The van der Waals surface area contributed by atoms with Crippen molar-refractivity contribution in [2.75, 3.05) is 5.75 Å². The van der Waals surface area contributed by atoms with Crippen LogP contribution in [0, 0.1) is 0 Å². The maximum absolute atomic E-state index is 5.32. The van der Waals surface area contributed by atoms with Crippen molar-refractivity contribution < 1.29 is 0 Å². The Morgan fingerprint density at radius 2 is 2.21 bits per heavy atom. The fourth-order valence-corrected chi connectivity index (χ4v) is 2.41. The van der Waals surface area contributed by atoms with Gasteiger partial charge in [0.25, 0.3) is 0 Å². The molecule has 0 aliphatic rings. The Labute approximate surface area is 96.1 Å². The van der Waals surface area contributed by atoms with Crippen molar-refractivity contribution in [1.29, 1.82) is 0 Å². The zero-order valence-electron chi connectivity index (χ0n) is 7.83. The summed E-state index contributed by atoms with van der Waals surface area (Å²) in [6.45, 7) is 2.10. The van der Waals surface area contributed by atoms with E-state index in [2.05, 4.69) is 27.8 Å². The van der Waals surface area contributed by atoms with Crippen molar-refractivity contribution in [1.82, 2.24) is 0 Å². The Balaban J connectivity index is 3.07.